The average molecular weight is 249 g/mol. The summed E-state index contributed by atoms with van der Waals surface area (Å²) in [5.41, 5.74) is -0.131. The SMILES string of the molecule is CCn1nccc1C(O)(CC)c1ccc(F)cn1. The van der Waals surface area contributed by atoms with Gasteiger partial charge in [-0.1, -0.05) is 6.92 Å². The van der Waals surface area contributed by atoms with Gasteiger partial charge in [-0.25, -0.2) is 4.39 Å². The van der Waals surface area contributed by atoms with Crippen molar-refractivity contribution >= 4 is 0 Å². The summed E-state index contributed by atoms with van der Waals surface area (Å²) >= 11 is 0. The van der Waals surface area contributed by atoms with Crippen LogP contribution in [0.3, 0.4) is 0 Å². The van der Waals surface area contributed by atoms with Crippen LogP contribution in [0.15, 0.2) is 30.6 Å². The van der Waals surface area contributed by atoms with Crippen molar-refractivity contribution in [2.45, 2.75) is 32.4 Å². The summed E-state index contributed by atoms with van der Waals surface area (Å²) in [7, 11) is 0. The molecule has 0 aliphatic heterocycles. The van der Waals surface area contributed by atoms with E-state index in [0.717, 1.165) is 6.20 Å². The minimum atomic E-state index is -1.24. The van der Waals surface area contributed by atoms with Crippen molar-refractivity contribution in [3.63, 3.8) is 0 Å². The first-order chi connectivity index (χ1) is 8.61. The van der Waals surface area contributed by atoms with Crippen molar-refractivity contribution in [3.8, 4) is 0 Å². The Bertz CT molecular complexity index is 523. The van der Waals surface area contributed by atoms with Crippen LogP contribution in [0.1, 0.15) is 31.7 Å². The highest BCUT2D eigenvalue weighted by molar-refractivity contribution is 5.26. The van der Waals surface area contributed by atoms with Crippen molar-refractivity contribution in [2.75, 3.05) is 0 Å². The van der Waals surface area contributed by atoms with E-state index in [1.165, 1.54) is 12.1 Å². The first kappa shape index (κ1) is 12.7. The molecule has 0 saturated heterocycles. The largest absolute Gasteiger partial charge is 0.377 e. The first-order valence-electron chi connectivity index (χ1n) is 5.98. The molecule has 0 saturated carbocycles. The second-order valence-electron chi connectivity index (χ2n) is 4.11. The number of rotatable bonds is 4. The van der Waals surface area contributed by atoms with Crippen LogP contribution >= 0.6 is 0 Å². The van der Waals surface area contributed by atoms with Crippen LogP contribution in [-0.2, 0) is 12.1 Å². The second kappa shape index (κ2) is 4.86. The Hall–Kier alpha value is -1.75. The van der Waals surface area contributed by atoms with Gasteiger partial charge in [-0.3, -0.25) is 9.67 Å². The summed E-state index contributed by atoms with van der Waals surface area (Å²) in [6.45, 7) is 4.47. The van der Waals surface area contributed by atoms with Crippen LogP contribution in [0.2, 0.25) is 0 Å². The van der Waals surface area contributed by atoms with E-state index in [2.05, 4.69) is 10.1 Å². The molecule has 0 radical (unpaired) electrons. The lowest BCUT2D eigenvalue weighted by atomic mass is 9.92. The van der Waals surface area contributed by atoms with Crippen LogP contribution in [-0.4, -0.2) is 19.9 Å². The molecule has 2 heterocycles. The number of pyridine rings is 1. The molecular weight excluding hydrogens is 233 g/mol. The van der Waals surface area contributed by atoms with Gasteiger partial charge in [0, 0.05) is 12.7 Å². The summed E-state index contributed by atoms with van der Waals surface area (Å²) in [6, 6.07) is 4.57. The van der Waals surface area contributed by atoms with Crippen LogP contribution in [0.4, 0.5) is 4.39 Å². The fraction of sp³-hybridized carbons (Fsp3) is 0.385. The lowest BCUT2D eigenvalue weighted by Gasteiger charge is -2.26. The van der Waals surface area contributed by atoms with Crippen molar-refractivity contribution in [1.29, 1.82) is 0 Å². The molecule has 2 rings (SSSR count). The number of halogens is 1. The predicted octanol–water partition coefficient (Wildman–Crippen LogP) is 2.08. The third-order valence-corrected chi connectivity index (χ3v) is 3.10. The number of hydrogen-bond donors (Lipinski definition) is 1. The summed E-state index contributed by atoms with van der Waals surface area (Å²) < 4.78 is 14.6. The van der Waals surface area contributed by atoms with Gasteiger partial charge in [0.15, 0.2) is 0 Å². The Morgan fingerprint density at radius 3 is 2.67 bits per heavy atom. The quantitative estimate of drug-likeness (QED) is 0.902. The van der Waals surface area contributed by atoms with Gasteiger partial charge in [-0.2, -0.15) is 5.10 Å². The third-order valence-electron chi connectivity index (χ3n) is 3.10. The summed E-state index contributed by atoms with van der Waals surface area (Å²) in [6.07, 6.45) is 3.20. The molecule has 18 heavy (non-hydrogen) atoms. The van der Waals surface area contributed by atoms with Gasteiger partial charge in [0.1, 0.15) is 11.4 Å². The molecule has 0 bridgehead atoms. The molecule has 0 spiro atoms. The molecule has 0 aliphatic carbocycles. The second-order valence-corrected chi connectivity index (χ2v) is 4.11. The van der Waals surface area contributed by atoms with Gasteiger partial charge in [0.05, 0.1) is 17.6 Å². The zero-order chi connectivity index (χ0) is 13.2. The molecule has 1 unspecified atom stereocenters. The van der Waals surface area contributed by atoms with Crippen LogP contribution in [0.25, 0.3) is 0 Å². The number of aryl methyl sites for hydroxylation is 1. The molecule has 0 amide bonds. The highest BCUT2D eigenvalue weighted by Gasteiger charge is 2.34. The Morgan fingerprint density at radius 2 is 2.11 bits per heavy atom. The number of aliphatic hydroxyl groups is 1. The molecule has 96 valence electrons. The van der Waals surface area contributed by atoms with Crippen LogP contribution < -0.4 is 0 Å². The van der Waals surface area contributed by atoms with E-state index < -0.39 is 11.4 Å². The molecule has 4 nitrogen and oxygen atoms in total. The van der Waals surface area contributed by atoms with Crippen molar-refractivity contribution in [3.05, 3.63) is 47.8 Å². The van der Waals surface area contributed by atoms with Gasteiger partial charge >= 0.3 is 0 Å². The molecule has 2 aromatic rings. The van der Waals surface area contributed by atoms with E-state index in [4.69, 9.17) is 0 Å². The topological polar surface area (TPSA) is 50.9 Å². The summed E-state index contributed by atoms with van der Waals surface area (Å²) in [4.78, 5) is 3.99. The van der Waals surface area contributed by atoms with Gasteiger partial charge in [-0.15, -0.1) is 0 Å². The molecule has 1 N–H and O–H groups in total. The molecule has 0 aromatic carbocycles. The summed E-state index contributed by atoms with van der Waals surface area (Å²) in [5, 5.41) is 15.0. The highest BCUT2D eigenvalue weighted by Crippen LogP contribution is 2.31. The Labute approximate surface area is 105 Å². The Morgan fingerprint density at radius 1 is 1.33 bits per heavy atom. The zero-order valence-electron chi connectivity index (χ0n) is 10.5. The van der Waals surface area contributed by atoms with Gasteiger partial charge in [-0.05, 0) is 31.5 Å². The fourth-order valence-electron chi connectivity index (χ4n) is 2.05. The number of aromatic nitrogens is 3. The van der Waals surface area contributed by atoms with E-state index >= 15 is 0 Å². The van der Waals surface area contributed by atoms with Crippen molar-refractivity contribution in [1.82, 2.24) is 14.8 Å². The number of hydrogen-bond acceptors (Lipinski definition) is 3. The van der Waals surface area contributed by atoms with Gasteiger partial charge in [0.2, 0.25) is 0 Å². The van der Waals surface area contributed by atoms with E-state index in [-0.39, 0.29) is 0 Å². The van der Waals surface area contributed by atoms with Crippen LogP contribution in [0.5, 0.6) is 0 Å². The maximum absolute atomic E-state index is 12.9. The van der Waals surface area contributed by atoms with E-state index in [1.54, 1.807) is 16.9 Å². The van der Waals surface area contributed by atoms with E-state index in [9.17, 15) is 9.50 Å². The highest BCUT2D eigenvalue weighted by atomic mass is 19.1. The lowest BCUT2D eigenvalue weighted by molar-refractivity contribution is 0.0621. The normalized spacial score (nSPS) is 14.4. The summed E-state index contributed by atoms with van der Waals surface area (Å²) in [5.74, 6) is -0.416. The van der Waals surface area contributed by atoms with E-state index in [1.807, 2.05) is 13.8 Å². The molecular formula is C13H16FN3O. The standard InChI is InChI=1S/C13H16FN3O/c1-3-13(18,11-6-5-10(14)9-15-11)12-7-8-16-17(12)4-2/h5-9,18H,3-4H2,1-2H3. The predicted molar refractivity (Wildman–Crippen MR) is 65.4 cm³/mol. The molecule has 0 fully saturated rings. The zero-order valence-corrected chi connectivity index (χ0v) is 10.5. The van der Waals surface area contributed by atoms with Gasteiger partial charge in [0.25, 0.3) is 0 Å². The first-order valence-corrected chi connectivity index (χ1v) is 5.98. The van der Waals surface area contributed by atoms with E-state index in [0.29, 0.717) is 24.4 Å². The minimum Gasteiger partial charge on any atom is -0.377 e. The maximum atomic E-state index is 12.9. The van der Waals surface area contributed by atoms with Crippen LogP contribution in [0, 0.1) is 5.82 Å². The molecule has 0 aliphatic rings. The van der Waals surface area contributed by atoms with Gasteiger partial charge < -0.3 is 5.11 Å². The number of nitrogens with zero attached hydrogens (tertiary/aromatic N) is 3. The minimum absolute atomic E-state index is 0.416. The Kier molecular flexibility index (Phi) is 3.43. The Balaban J connectivity index is 2.51. The molecule has 1 atom stereocenters. The average Bonchev–Trinajstić information content (AvgIpc) is 2.87. The lowest BCUT2D eigenvalue weighted by Crippen LogP contribution is -2.30. The maximum Gasteiger partial charge on any atom is 0.148 e. The monoisotopic (exact) mass is 249 g/mol. The molecule has 2 aromatic heterocycles. The van der Waals surface area contributed by atoms with Crippen molar-refractivity contribution in [2.24, 2.45) is 0 Å². The smallest absolute Gasteiger partial charge is 0.148 e. The van der Waals surface area contributed by atoms with Crippen molar-refractivity contribution < 1.29 is 9.50 Å². The fourth-order valence-corrected chi connectivity index (χ4v) is 2.05. The third kappa shape index (κ3) is 2.01. The molecule has 5 heteroatoms.